The Morgan fingerprint density at radius 3 is 2.60 bits per heavy atom. The molecule has 1 atom stereocenters. The Morgan fingerprint density at radius 1 is 1.35 bits per heavy atom. The van der Waals surface area contributed by atoms with Crippen molar-refractivity contribution in [2.24, 2.45) is 0 Å². The molecule has 20 heavy (non-hydrogen) atoms. The van der Waals surface area contributed by atoms with Gasteiger partial charge < -0.3 is 5.32 Å². The van der Waals surface area contributed by atoms with Crippen LogP contribution in [0.25, 0.3) is 0 Å². The van der Waals surface area contributed by atoms with Crippen molar-refractivity contribution in [3.63, 3.8) is 0 Å². The number of halogens is 2. The van der Waals surface area contributed by atoms with Crippen LogP contribution in [-0.2, 0) is 15.8 Å². The highest BCUT2D eigenvalue weighted by Gasteiger charge is 2.29. The lowest BCUT2D eigenvalue weighted by atomic mass is 10.1. The van der Waals surface area contributed by atoms with E-state index in [0.29, 0.717) is 28.7 Å². The van der Waals surface area contributed by atoms with Crippen LogP contribution in [0.2, 0.25) is 10.0 Å². The molecule has 4 nitrogen and oxygen atoms in total. The average molecular weight is 337 g/mol. The lowest BCUT2D eigenvalue weighted by Gasteiger charge is -2.31. The van der Waals surface area contributed by atoms with Crippen molar-refractivity contribution >= 4 is 33.2 Å². The van der Waals surface area contributed by atoms with Gasteiger partial charge >= 0.3 is 0 Å². The molecule has 1 saturated heterocycles. The summed E-state index contributed by atoms with van der Waals surface area (Å²) in [4.78, 5) is 0. The van der Waals surface area contributed by atoms with E-state index in [-0.39, 0.29) is 11.8 Å². The van der Waals surface area contributed by atoms with Crippen LogP contribution in [-0.4, -0.2) is 38.9 Å². The maximum Gasteiger partial charge on any atom is 0.218 e. The molecular formula is C13H18Cl2N2O2S. The largest absolute Gasteiger partial charge is 0.316 e. The smallest absolute Gasteiger partial charge is 0.218 e. The van der Waals surface area contributed by atoms with E-state index >= 15 is 0 Å². The van der Waals surface area contributed by atoms with E-state index in [4.69, 9.17) is 23.2 Å². The summed E-state index contributed by atoms with van der Waals surface area (Å²) in [6.07, 6.45) is 1.86. The van der Waals surface area contributed by atoms with Gasteiger partial charge in [0.1, 0.15) is 0 Å². The fraction of sp³-hybridized carbons (Fsp3) is 0.538. The first kappa shape index (κ1) is 16.0. The van der Waals surface area contributed by atoms with Crippen molar-refractivity contribution in [1.82, 2.24) is 9.62 Å². The minimum Gasteiger partial charge on any atom is -0.316 e. The van der Waals surface area contributed by atoms with Crippen LogP contribution >= 0.6 is 23.2 Å². The third-order valence-corrected chi connectivity index (χ3v) is 6.05. The van der Waals surface area contributed by atoms with E-state index in [1.54, 1.807) is 18.2 Å². The molecule has 0 amide bonds. The van der Waals surface area contributed by atoms with Crippen LogP contribution in [0.1, 0.15) is 18.4 Å². The van der Waals surface area contributed by atoms with Gasteiger partial charge in [-0.05, 0) is 32.0 Å². The highest BCUT2D eigenvalue weighted by Crippen LogP contribution is 2.28. The summed E-state index contributed by atoms with van der Waals surface area (Å²) in [5.41, 5.74) is 0.474. The van der Waals surface area contributed by atoms with Gasteiger partial charge in [-0.2, -0.15) is 0 Å². The molecule has 1 unspecified atom stereocenters. The lowest BCUT2D eigenvalue weighted by Crippen LogP contribution is -2.47. The molecule has 0 spiro atoms. The molecule has 1 N–H and O–H groups in total. The molecule has 112 valence electrons. The maximum atomic E-state index is 12.5. The van der Waals surface area contributed by atoms with Gasteiger partial charge in [-0.1, -0.05) is 29.3 Å². The Morgan fingerprint density at radius 2 is 2.00 bits per heavy atom. The molecule has 1 aromatic rings. The summed E-state index contributed by atoms with van der Waals surface area (Å²) in [6.45, 7) is 1.06. The third-order valence-electron chi connectivity index (χ3n) is 3.57. The Balaban J connectivity index is 2.19. The lowest BCUT2D eigenvalue weighted by molar-refractivity contribution is 0.292. The van der Waals surface area contributed by atoms with Crippen molar-refractivity contribution in [3.05, 3.63) is 33.8 Å². The zero-order valence-corrected chi connectivity index (χ0v) is 13.6. The van der Waals surface area contributed by atoms with E-state index in [1.807, 2.05) is 7.05 Å². The van der Waals surface area contributed by atoms with Gasteiger partial charge in [0, 0.05) is 34.7 Å². The molecule has 0 radical (unpaired) electrons. The topological polar surface area (TPSA) is 49.4 Å². The van der Waals surface area contributed by atoms with Crippen LogP contribution < -0.4 is 5.32 Å². The second-order valence-electron chi connectivity index (χ2n) is 4.94. The Bertz CT molecular complexity index is 557. The second-order valence-corrected chi connectivity index (χ2v) is 7.73. The van der Waals surface area contributed by atoms with Gasteiger partial charge in [0.05, 0.1) is 5.75 Å². The summed E-state index contributed by atoms with van der Waals surface area (Å²) >= 11 is 12.1. The number of sulfonamides is 1. The first-order valence-corrected chi connectivity index (χ1v) is 8.88. The number of rotatable bonds is 4. The summed E-state index contributed by atoms with van der Waals surface area (Å²) in [5.74, 6) is -0.151. The van der Waals surface area contributed by atoms with E-state index in [9.17, 15) is 8.42 Å². The van der Waals surface area contributed by atoms with Crippen LogP contribution in [0.15, 0.2) is 18.2 Å². The molecule has 7 heteroatoms. The second kappa shape index (κ2) is 6.62. The number of nitrogens with zero attached hydrogens (tertiary/aromatic N) is 1. The van der Waals surface area contributed by atoms with E-state index in [2.05, 4.69) is 5.32 Å². The SMILES string of the molecule is CNC1CCCN(S(=O)(=O)Cc2c(Cl)cccc2Cl)C1. The van der Waals surface area contributed by atoms with E-state index in [0.717, 1.165) is 12.8 Å². The van der Waals surface area contributed by atoms with Crippen LogP contribution in [0, 0.1) is 0 Å². The molecule has 1 aliphatic rings. The van der Waals surface area contributed by atoms with E-state index in [1.165, 1.54) is 4.31 Å². The summed E-state index contributed by atoms with van der Waals surface area (Å²) < 4.78 is 26.5. The van der Waals surface area contributed by atoms with Crippen molar-refractivity contribution in [2.45, 2.75) is 24.6 Å². The normalized spacial score (nSPS) is 21.1. The van der Waals surface area contributed by atoms with Gasteiger partial charge in [0.2, 0.25) is 10.0 Å². The van der Waals surface area contributed by atoms with Crippen molar-refractivity contribution in [3.8, 4) is 0 Å². The molecule has 1 heterocycles. The highest BCUT2D eigenvalue weighted by atomic mass is 35.5. The Hall–Kier alpha value is -0.330. The van der Waals surface area contributed by atoms with Crippen molar-refractivity contribution in [2.75, 3.05) is 20.1 Å². The highest BCUT2D eigenvalue weighted by molar-refractivity contribution is 7.88. The fourth-order valence-electron chi connectivity index (χ4n) is 2.37. The zero-order chi connectivity index (χ0) is 14.8. The van der Waals surface area contributed by atoms with Gasteiger partial charge in [-0.15, -0.1) is 0 Å². The molecule has 0 bridgehead atoms. The zero-order valence-electron chi connectivity index (χ0n) is 11.3. The first-order chi connectivity index (χ1) is 9.44. The predicted octanol–water partition coefficient (Wildman–Crippen LogP) is 2.51. The number of benzene rings is 1. The molecule has 1 fully saturated rings. The van der Waals surface area contributed by atoms with Gasteiger partial charge in [0.25, 0.3) is 0 Å². The molecule has 1 aromatic carbocycles. The summed E-state index contributed by atoms with van der Waals surface area (Å²) in [5, 5.41) is 3.92. The number of nitrogens with one attached hydrogen (secondary N) is 1. The van der Waals surface area contributed by atoms with Gasteiger partial charge in [-0.3, -0.25) is 0 Å². The predicted molar refractivity (Wildman–Crippen MR) is 82.7 cm³/mol. The fourth-order valence-corrected chi connectivity index (χ4v) is 4.74. The van der Waals surface area contributed by atoms with E-state index < -0.39 is 10.0 Å². The maximum absolute atomic E-state index is 12.5. The third kappa shape index (κ3) is 3.65. The first-order valence-electron chi connectivity index (χ1n) is 6.52. The molecule has 0 aliphatic carbocycles. The molecule has 1 aliphatic heterocycles. The summed E-state index contributed by atoms with van der Waals surface area (Å²) in [6, 6.07) is 5.23. The van der Waals surface area contributed by atoms with Crippen molar-refractivity contribution < 1.29 is 8.42 Å². The van der Waals surface area contributed by atoms with Crippen LogP contribution in [0.5, 0.6) is 0 Å². The quantitative estimate of drug-likeness (QED) is 0.918. The van der Waals surface area contributed by atoms with Gasteiger partial charge in [-0.25, -0.2) is 12.7 Å². The molecular weight excluding hydrogens is 319 g/mol. The Labute approximate surface area is 130 Å². The van der Waals surface area contributed by atoms with Crippen LogP contribution in [0.3, 0.4) is 0 Å². The minimum absolute atomic E-state index is 0.151. The standard InChI is InChI=1S/C13H18Cl2N2O2S/c1-16-10-4-3-7-17(8-10)20(18,19)9-11-12(14)5-2-6-13(11)15/h2,5-6,10,16H,3-4,7-9H2,1H3. The summed E-state index contributed by atoms with van der Waals surface area (Å²) in [7, 11) is -1.55. The van der Waals surface area contributed by atoms with Crippen molar-refractivity contribution in [1.29, 1.82) is 0 Å². The minimum atomic E-state index is -3.40. The van der Waals surface area contributed by atoms with Crippen LogP contribution in [0.4, 0.5) is 0 Å². The molecule has 0 aromatic heterocycles. The monoisotopic (exact) mass is 336 g/mol. The Kier molecular flexibility index (Phi) is 5.31. The molecule has 2 rings (SSSR count). The number of hydrogen-bond donors (Lipinski definition) is 1. The average Bonchev–Trinajstić information content (AvgIpc) is 2.43. The molecule has 0 saturated carbocycles. The number of likely N-dealkylation sites (N-methyl/N-ethyl adjacent to an activating group) is 1. The number of piperidine rings is 1. The number of hydrogen-bond acceptors (Lipinski definition) is 3. The van der Waals surface area contributed by atoms with Gasteiger partial charge in [0.15, 0.2) is 0 Å².